The number of carbonyl (C=O) groups is 3. The Labute approximate surface area is 398 Å². The highest BCUT2D eigenvalue weighted by Crippen LogP contribution is 2.22. The Bertz CT molecular complexity index is 946. The second kappa shape index (κ2) is 49.2. The Balaban J connectivity index is 4.54. The van der Waals surface area contributed by atoms with Crippen LogP contribution < -0.4 is 0 Å². The molecule has 2 atom stereocenters. The summed E-state index contributed by atoms with van der Waals surface area (Å²) in [5.74, 6) is 0.194. The van der Waals surface area contributed by atoms with Crippen molar-refractivity contribution in [2.24, 2.45) is 11.8 Å². The van der Waals surface area contributed by atoms with Crippen LogP contribution in [0.1, 0.15) is 272 Å². The molecular weight excluding hydrogens is 797 g/mol. The minimum atomic E-state index is -0.0845. The molecule has 0 amide bonds. The minimum Gasteiger partial charge on any atom is -0.465 e. The van der Waals surface area contributed by atoms with Crippen LogP contribution >= 0.6 is 0 Å². The minimum absolute atomic E-state index is 0.0534. The van der Waals surface area contributed by atoms with Gasteiger partial charge in [-0.3, -0.25) is 19.3 Å². The van der Waals surface area contributed by atoms with Gasteiger partial charge in [0.15, 0.2) is 0 Å². The van der Waals surface area contributed by atoms with E-state index in [2.05, 4.69) is 37.5 Å². The van der Waals surface area contributed by atoms with Gasteiger partial charge in [-0.25, -0.2) is 0 Å². The molecule has 0 saturated heterocycles. The molecule has 2 unspecified atom stereocenters. The summed E-state index contributed by atoms with van der Waals surface area (Å²) in [6, 6.07) is 0. The van der Waals surface area contributed by atoms with Crippen LogP contribution in [0.25, 0.3) is 0 Å². The fourth-order valence-electron chi connectivity index (χ4n) is 8.84. The van der Waals surface area contributed by atoms with Crippen molar-refractivity contribution in [3.8, 4) is 0 Å². The average Bonchev–Trinajstić information content (AvgIpc) is 3.28. The topological polar surface area (TPSA) is 85.4 Å². The maximum Gasteiger partial charge on any atom is 0.308 e. The van der Waals surface area contributed by atoms with Crippen LogP contribution in [0.15, 0.2) is 0 Å². The molecule has 8 heteroatoms. The SMILES string of the molecule is CCCCCCCCC(CCCCCC)C(=O)OCCCCCCCCN(CCCCCCCCOC(=O)C(CCCCCC)CCCCCCCC)CCOC(=O)CCCN(C)C. The number of rotatable bonds is 51. The summed E-state index contributed by atoms with van der Waals surface area (Å²) >= 11 is 0. The summed E-state index contributed by atoms with van der Waals surface area (Å²) in [6.45, 7) is 14.4. The number of hydrogen-bond acceptors (Lipinski definition) is 8. The number of unbranched alkanes of at least 4 members (excludes halogenated alkanes) is 26. The molecule has 0 spiro atoms. The maximum atomic E-state index is 13.0. The van der Waals surface area contributed by atoms with Gasteiger partial charge in [0.25, 0.3) is 0 Å². The van der Waals surface area contributed by atoms with E-state index in [1.807, 2.05) is 14.1 Å². The molecule has 64 heavy (non-hydrogen) atoms. The molecule has 0 aliphatic heterocycles. The molecule has 0 fully saturated rings. The van der Waals surface area contributed by atoms with Gasteiger partial charge in [0.1, 0.15) is 6.61 Å². The Morgan fingerprint density at radius 2 is 0.672 bits per heavy atom. The van der Waals surface area contributed by atoms with Crippen molar-refractivity contribution >= 4 is 17.9 Å². The van der Waals surface area contributed by atoms with E-state index in [1.54, 1.807) is 0 Å². The lowest BCUT2D eigenvalue weighted by Gasteiger charge is -2.22. The van der Waals surface area contributed by atoms with Crippen molar-refractivity contribution in [2.45, 2.75) is 272 Å². The molecule has 0 aromatic heterocycles. The summed E-state index contributed by atoms with van der Waals surface area (Å²) < 4.78 is 17.3. The highest BCUT2D eigenvalue weighted by Gasteiger charge is 2.20. The quantitative estimate of drug-likeness (QED) is 0.0339. The second-order valence-corrected chi connectivity index (χ2v) is 19.8. The van der Waals surface area contributed by atoms with Crippen LogP contribution in [-0.2, 0) is 28.6 Å². The van der Waals surface area contributed by atoms with Crippen molar-refractivity contribution in [1.82, 2.24) is 9.80 Å². The van der Waals surface area contributed by atoms with Crippen LogP contribution in [-0.4, -0.2) is 87.8 Å². The summed E-state index contributed by atoms with van der Waals surface area (Å²) in [5.41, 5.74) is 0. The van der Waals surface area contributed by atoms with Crippen LogP contribution in [0.2, 0.25) is 0 Å². The van der Waals surface area contributed by atoms with Gasteiger partial charge in [-0.15, -0.1) is 0 Å². The van der Waals surface area contributed by atoms with E-state index >= 15 is 0 Å². The van der Waals surface area contributed by atoms with E-state index in [-0.39, 0.29) is 29.7 Å². The molecule has 8 nitrogen and oxygen atoms in total. The standard InChI is InChI=1S/C56H110N2O6/c1-7-11-15-19-25-33-42-52(40-31-17-13-9-3)55(60)63-49-37-29-23-21-27-35-46-58(48-51-62-54(59)44-39-45-57(5)6)47-36-28-22-24-30-38-50-64-56(61)53(41-32-18-14-10-4)43-34-26-20-16-12-8-2/h52-53H,7-51H2,1-6H3. The Kier molecular flexibility index (Phi) is 48.0. The Morgan fingerprint density at radius 1 is 0.344 bits per heavy atom. The third-order valence-electron chi connectivity index (χ3n) is 13.2. The van der Waals surface area contributed by atoms with Crippen LogP contribution in [0.3, 0.4) is 0 Å². The molecule has 0 rings (SSSR count). The summed E-state index contributed by atoms with van der Waals surface area (Å²) in [5, 5.41) is 0. The van der Waals surface area contributed by atoms with Crippen LogP contribution in [0, 0.1) is 11.8 Å². The Morgan fingerprint density at radius 3 is 1.05 bits per heavy atom. The number of hydrogen-bond donors (Lipinski definition) is 0. The molecule has 380 valence electrons. The van der Waals surface area contributed by atoms with E-state index in [4.69, 9.17) is 14.2 Å². The van der Waals surface area contributed by atoms with Gasteiger partial charge in [-0.2, -0.15) is 0 Å². The number of nitrogens with zero attached hydrogens (tertiary/aromatic N) is 2. The van der Waals surface area contributed by atoms with Gasteiger partial charge in [0.2, 0.25) is 0 Å². The van der Waals surface area contributed by atoms with Gasteiger partial charge in [-0.1, -0.05) is 207 Å². The Hall–Kier alpha value is -1.67. The zero-order valence-electron chi connectivity index (χ0n) is 43.8. The molecule has 0 N–H and O–H groups in total. The average molecular weight is 908 g/mol. The smallest absolute Gasteiger partial charge is 0.308 e. The fourth-order valence-corrected chi connectivity index (χ4v) is 8.84. The van der Waals surface area contributed by atoms with Gasteiger partial charge in [-0.05, 0) is 91.5 Å². The van der Waals surface area contributed by atoms with Crippen LogP contribution in [0.4, 0.5) is 0 Å². The van der Waals surface area contributed by atoms with E-state index in [0.29, 0.717) is 26.2 Å². The molecule has 0 aromatic carbocycles. The maximum absolute atomic E-state index is 13.0. The fraction of sp³-hybridized carbons (Fsp3) is 0.946. The predicted octanol–water partition coefficient (Wildman–Crippen LogP) is 15.6. The molecule has 0 bridgehead atoms. The van der Waals surface area contributed by atoms with Crippen molar-refractivity contribution < 1.29 is 28.6 Å². The summed E-state index contributed by atoms with van der Waals surface area (Å²) in [4.78, 5) is 43.0. The predicted molar refractivity (Wildman–Crippen MR) is 273 cm³/mol. The number of esters is 3. The first-order valence-corrected chi connectivity index (χ1v) is 28.1. The lowest BCUT2D eigenvalue weighted by molar-refractivity contribution is -0.150. The zero-order valence-corrected chi connectivity index (χ0v) is 43.8. The third-order valence-corrected chi connectivity index (χ3v) is 13.2. The molecule has 0 saturated carbocycles. The molecule has 0 heterocycles. The highest BCUT2D eigenvalue weighted by atomic mass is 16.5. The molecular formula is C56H110N2O6. The second-order valence-electron chi connectivity index (χ2n) is 19.8. The summed E-state index contributed by atoms with van der Waals surface area (Å²) in [6.07, 6.45) is 43.8. The monoisotopic (exact) mass is 907 g/mol. The molecule has 0 aromatic rings. The van der Waals surface area contributed by atoms with Crippen molar-refractivity contribution in [2.75, 3.05) is 60.1 Å². The van der Waals surface area contributed by atoms with Crippen molar-refractivity contribution in [1.29, 1.82) is 0 Å². The molecule has 0 aliphatic carbocycles. The van der Waals surface area contributed by atoms with E-state index in [9.17, 15) is 14.4 Å². The van der Waals surface area contributed by atoms with E-state index < -0.39 is 0 Å². The van der Waals surface area contributed by atoms with Crippen LogP contribution in [0.5, 0.6) is 0 Å². The van der Waals surface area contributed by atoms with E-state index in [1.165, 1.54) is 141 Å². The lowest BCUT2D eigenvalue weighted by Crippen LogP contribution is -2.30. The summed E-state index contributed by atoms with van der Waals surface area (Å²) in [7, 11) is 4.06. The normalized spacial score (nSPS) is 12.6. The van der Waals surface area contributed by atoms with E-state index in [0.717, 1.165) is 122 Å². The lowest BCUT2D eigenvalue weighted by atomic mass is 9.94. The van der Waals surface area contributed by atoms with Gasteiger partial charge >= 0.3 is 17.9 Å². The first-order valence-electron chi connectivity index (χ1n) is 28.1. The first-order chi connectivity index (χ1) is 31.3. The molecule has 0 radical (unpaired) electrons. The highest BCUT2D eigenvalue weighted by molar-refractivity contribution is 5.72. The number of ether oxygens (including phenoxy) is 3. The number of carbonyl (C=O) groups excluding carboxylic acids is 3. The van der Waals surface area contributed by atoms with Crippen molar-refractivity contribution in [3.63, 3.8) is 0 Å². The third kappa shape index (κ3) is 42.9. The van der Waals surface area contributed by atoms with Crippen molar-refractivity contribution in [3.05, 3.63) is 0 Å². The van der Waals surface area contributed by atoms with Gasteiger partial charge in [0.05, 0.1) is 25.0 Å². The largest absolute Gasteiger partial charge is 0.465 e. The zero-order chi connectivity index (χ0) is 47.0. The first kappa shape index (κ1) is 62.3. The van der Waals surface area contributed by atoms with Gasteiger partial charge in [0, 0.05) is 13.0 Å². The van der Waals surface area contributed by atoms with Gasteiger partial charge < -0.3 is 19.1 Å². The molecule has 0 aliphatic rings.